The van der Waals surface area contributed by atoms with Crippen LogP contribution >= 0.6 is 15.9 Å². The highest BCUT2D eigenvalue weighted by Gasteiger charge is 2.32. The van der Waals surface area contributed by atoms with E-state index in [2.05, 4.69) is 31.5 Å². The number of aromatic nitrogens is 1. The summed E-state index contributed by atoms with van der Waals surface area (Å²) in [6.45, 7) is 3.62. The summed E-state index contributed by atoms with van der Waals surface area (Å²) in [6.07, 6.45) is 3.25. The molecule has 0 radical (unpaired) electrons. The minimum Gasteiger partial charge on any atom is -0.363 e. The second-order valence-corrected chi connectivity index (χ2v) is 5.20. The maximum absolute atomic E-state index is 11.6. The van der Waals surface area contributed by atoms with Gasteiger partial charge < -0.3 is 15.4 Å². The van der Waals surface area contributed by atoms with Gasteiger partial charge in [-0.1, -0.05) is 0 Å². The molecule has 2 N–H and O–H groups in total. The van der Waals surface area contributed by atoms with Crippen molar-refractivity contribution in [3.8, 4) is 0 Å². The number of hydrogen-bond acceptors (Lipinski definition) is 4. The number of ether oxygens (including phenoxy) is 1. The Morgan fingerprint density at radius 1 is 1.65 bits per heavy atom. The third-order valence-corrected chi connectivity index (χ3v) is 2.97. The summed E-state index contributed by atoms with van der Waals surface area (Å²) in [5.74, 6) is -0.168. The van der Waals surface area contributed by atoms with Crippen LogP contribution in [0.25, 0.3) is 0 Å². The minimum absolute atomic E-state index is 0.0602. The van der Waals surface area contributed by atoms with E-state index >= 15 is 0 Å². The number of nitrogens with zero attached hydrogens (tertiary/aromatic N) is 1. The van der Waals surface area contributed by atoms with Crippen molar-refractivity contribution < 1.29 is 9.53 Å². The molecule has 2 rings (SSSR count). The largest absolute Gasteiger partial charge is 0.363 e. The van der Waals surface area contributed by atoms with Crippen molar-refractivity contribution in [2.24, 2.45) is 0 Å². The predicted octanol–water partition coefficient (Wildman–Crippen LogP) is 1.16. The van der Waals surface area contributed by atoms with Crippen LogP contribution in [0.5, 0.6) is 0 Å². The average Bonchev–Trinajstić information content (AvgIpc) is 2.24. The van der Waals surface area contributed by atoms with Gasteiger partial charge in [0.2, 0.25) is 5.91 Å². The highest BCUT2D eigenvalue weighted by Crippen LogP contribution is 2.16. The van der Waals surface area contributed by atoms with Crippen molar-refractivity contribution in [2.45, 2.75) is 12.5 Å². The van der Waals surface area contributed by atoms with Crippen molar-refractivity contribution >= 4 is 27.5 Å². The molecule has 1 aliphatic rings. The Bertz CT molecular complexity index is 421. The molecule has 0 atom stereocenters. The van der Waals surface area contributed by atoms with Gasteiger partial charge in [-0.2, -0.15) is 0 Å². The average molecular weight is 300 g/mol. The molecule has 0 unspecified atom stereocenters. The molecule has 1 aromatic rings. The Balaban J connectivity index is 1.81. The van der Waals surface area contributed by atoms with Crippen molar-refractivity contribution in [1.82, 2.24) is 10.3 Å². The fourth-order valence-electron chi connectivity index (χ4n) is 1.50. The predicted molar refractivity (Wildman–Crippen MR) is 67.8 cm³/mol. The molecule has 6 heteroatoms. The molecule has 0 saturated carbocycles. The van der Waals surface area contributed by atoms with Crippen LogP contribution in [-0.4, -0.2) is 36.2 Å². The van der Waals surface area contributed by atoms with E-state index in [1.54, 1.807) is 18.5 Å². The summed E-state index contributed by atoms with van der Waals surface area (Å²) in [6, 6.07) is 1.79. The second kappa shape index (κ2) is 5.12. The SMILES string of the molecule is CC1(OCC(=O)Nc2cncc(Br)c2)CNC1. The molecule has 1 amide bonds. The van der Waals surface area contributed by atoms with Crippen molar-refractivity contribution in [3.05, 3.63) is 22.9 Å². The van der Waals surface area contributed by atoms with Gasteiger partial charge in [-0.15, -0.1) is 0 Å². The zero-order chi connectivity index (χ0) is 12.3. The summed E-state index contributed by atoms with van der Waals surface area (Å²) in [5, 5.41) is 5.84. The van der Waals surface area contributed by atoms with Crippen LogP contribution in [0.3, 0.4) is 0 Å². The Morgan fingerprint density at radius 3 is 3.00 bits per heavy atom. The van der Waals surface area contributed by atoms with E-state index in [0.29, 0.717) is 5.69 Å². The van der Waals surface area contributed by atoms with Crippen LogP contribution in [0.1, 0.15) is 6.92 Å². The smallest absolute Gasteiger partial charge is 0.250 e. The summed E-state index contributed by atoms with van der Waals surface area (Å²) in [4.78, 5) is 15.6. The number of hydrogen-bond donors (Lipinski definition) is 2. The number of pyridine rings is 1. The quantitative estimate of drug-likeness (QED) is 0.876. The lowest BCUT2D eigenvalue weighted by Gasteiger charge is -2.38. The summed E-state index contributed by atoms with van der Waals surface area (Å²) >= 11 is 3.29. The lowest BCUT2D eigenvalue weighted by molar-refractivity contribution is -0.130. The van der Waals surface area contributed by atoms with Crippen LogP contribution < -0.4 is 10.6 Å². The van der Waals surface area contributed by atoms with Crippen molar-refractivity contribution in [1.29, 1.82) is 0 Å². The third kappa shape index (κ3) is 3.49. The van der Waals surface area contributed by atoms with Gasteiger partial charge in [0.25, 0.3) is 0 Å². The van der Waals surface area contributed by atoms with Gasteiger partial charge in [0.05, 0.1) is 17.5 Å². The van der Waals surface area contributed by atoms with Crippen LogP contribution in [0.4, 0.5) is 5.69 Å². The van der Waals surface area contributed by atoms with Gasteiger partial charge in [-0.25, -0.2) is 0 Å². The maximum Gasteiger partial charge on any atom is 0.250 e. The fraction of sp³-hybridized carbons (Fsp3) is 0.455. The Kier molecular flexibility index (Phi) is 3.76. The first-order chi connectivity index (χ1) is 8.07. The highest BCUT2D eigenvalue weighted by atomic mass is 79.9. The molecule has 1 aromatic heterocycles. The molecule has 17 heavy (non-hydrogen) atoms. The summed E-state index contributed by atoms with van der Waals surface area (Å²) < 4.78 is 6.35. The molecule has 1 fully saturated rings. The van der Waals surface area contributed by atoms with Crippen LogP contribution in [0, 0.1) is 0 Å². The number of nitrogens with one attached hydrogen (secondary N) is 2. The molecular weight excluding hydrogens is 286 g/mol. The van der Waals surface area contributed by atoms with E-state index < -0.39 is 0 Å². The molecule has 2 heterocycles. The first-order valence-electron chi connectivity index (χ1n) is 5.32. The van der Waals surface area contributed by atoms with Crippen LogP contribution in [0.15, 0.2) is 22.9 Å². The highest BCUT2D eigenvalue weighted by molar-refractivity contribution is 9.10. The van der Waals surface area contributed by atoms with Crippen LogP contribution in [0.2, 0.25) is 0 Å². The van der Waals surface area contributed by atoms with Gasteiger partial charge in [-0.3, -0.25) is 9.78 Å². The molecule has 1 saturated heterocycles. The normalized spacial score (nSPS) is 17.3. The Hall–Kier alpha value is -0.980. The van der Waals surface area contributed by atoms with E-state index in [1.165, 1.54) is 0 Å². The van der Waals surface area contributed by atoms with Crippen molar-refractivity contribution in [3.63, 3.8) is 0 Å². The third-order valence-electron chi connectivity index (χ3n) is 2.54. The van der Waals surface area contributed by atoms with Crippen molar-refractivity contribution in [2.75, 3.05) is 25.0 Å². The molecule has 0 spiro atoms. The topological polar surface area (TPSA) is 63.2 Å². The minimum atomic E-state index is -0.202. The molecule has 0 aromatic carbocycles. The first-order valence-corrected chi connectivity index (χ1v) is 6.12. The van der Waals surface area contributed by atoms with Gasteiger partial charge in [0.1, 0.15) is 6.61 Å². The lowest BCUT2D eigenvalue weighted by atomic mass is 10.0. The number of anilines is 1. The summed E-state index contributed by atoms with van der Waals surface area (Å²) in [5.41, 5.74) is 0.456. The maximum atomic E-state index is 11.6. The number of amides is 1. The number of carbonyl (C=O) groups is 1. The first kappa shape index (κ1) is 12.5. The monoisotopic (exact) mass is 299 g/mol. The second-order valence-electron chi connectivity index (χ2n) is 4.28. The van der Waals surface area contributed by atoms with Gasteiger partial charge in [0.15, 0.2) is 0 Å². The Morgan fingerprint density at radius 2 is 2.41 bits per heavy atom. The van der Waals surface area contributed by atoms with E-state index in [-0.39, 0.29) is 18.1 Å². The van der Waals surface area contributed by atoms with Gasteiger partial charge >= 0.3 is 0 Å². The number of halogens is 1. The number of carbonyl (C=O) groups excluding carboxylic acids is 1. The van der Waals surface area contributed by atoms with E-state index in [4.69, 9.17) is 4.74 Å². The van der Waals surface area contributed by atoms with Gasteiger partial charge in [0, 0.05) is 23.8 Å². The van der Waals surface area contributed by atoms with E-state index in [9.17, 15) is 4.79 Å². The Labute approximate surface area is 108 Å². The zero-order valence-corrected chi connectivity index (χ0v) is 11.1. The molecule has 0 bridgehead atoms. The number of rotatable bonds is 4. The van der Waals surface area contributed by atoms with E-state index in [0.717, 1.165) is 17.6 Å². The van der Waals surface area contributed by atoms with Crippen LogP contribution in [-0.2, 0) is 9.53 Å². The molecule has 0 aliphatic carbocycles. The molecule has 92 valence electrons. The fourth-order valence-corrected chi connectivity index (χ4v) is 1.86. The molecular formula is C11H14BrN3O2. The molecule has 5 nitrogen and oxygen atoms in total. The lowest BCUT2D eigenvalue weighted by Crippen LogP contribution is -2.59. The van der Waals surface area contributed by atoms with E-state index in [1.807, 2.05) is 6.92 Å². The standard InChI is InChI=1S/C11H14BrN3O2/c1-11(6-14-7-11)17-5-10(16)15-9-2-8(12)3-13-4-9/h2-4,14H,5-7H2,1H3,(H,15,16). The molecule has 1 aliphatic heterocycles. The van der Waals surface area contributed by atoms with Gasteiger partial charge in [-0.05, 0) is 28.9 Å². The zero-order valence-electron chi connectivity index (χ0n) is 9.50. The summed E-state index contributed by atoms with van der Waals surface area (Å²) in [7, 11) is 0.